The molecule has 1 aliphatic rings. The Hall–Kier alpha value is -1.89. The van der Waals surface area contributed by atoms with Crippen LogP contribution in [0.5, 0.6) is 0 Å². The molecule has 134 valence electrons. The Bertz CT molecular complexity index is 739. The minimum Gasteiger partial charge on any atom is -0.352 e. The highest BCUT2D eigenvalue weighted by Gasteiger charge is 2.23. The molecule has 7 heteroatoms. The predicted molar refractivity (Wildman–Crippen MR) is 99.0 cm³/mol. The molecule has 25 heavy (non-hydrogen) atoms. The molecule has 1 saturated carbocycles. The summed E-state index contributed by atoms with van der Waals surface area (Å²) in [5, 5.41) is 15.6. The molecule has 1 heterocycles. The van der Waals surface area contributed by atoms with E-state index in [2.05, 4.69) is 33.8 Å². The van der Waals surface area contributed by atoms with Crippen molar-refractivity contribution in [3.8, 4) is 5.69 Å². The van der Waals surface area contributed by atoms with Crippen molar-refractivity contribution >= 4 is 17.7 Å². The van der Waals surface area contributed by atoms with Gasteiger partial charge in [-0.3, -0.25) is 4.79 Å². The second-order valence-electron chi connectivity index (χ2n) is 6.77. The number of benzene rings is 1. The molecule has 1 aliphatic carbocycles. The molecule has 0 spiro atoms. The van der Waals surface area contributed by atoms with Crippen molar-refractivity contribution in [2.75, 3.05) is 0 Å². The van der Waals surface area contributed by atoms with Crippen LogP contribution >= 0.6 is 11.8 Å². The van der Waals surface area contributed by atoms with Gasteiger partial charge in [0.05, 0.1) is 10.9 Å². The molecule has 1 N–H and O–H groups in total. The largest absolute Gasteiger partial charge is 0.352 e. The average molecular weight is 359 g/mol. The van der Waals surface area contributed by atoms with Crippen LogP contribution in [0.2, 0.25) is 0 Å². The van der Waals surface area contributed by atoms with Crippen molar-refractivity contribution in [1.29, 1.82) is 0 Å². The number of carbonyl (C=O) groups excluding carboxylic acids is 1. The first kappa shape index (κ1) is 17.9. The molecule has 1 amide bonds. The number of rotatable bonds is 5. The Morgan fingerprint density at radius 1 is 1.28 bits per heavy atom. The van der Waals surface area contributed by atoms with Crippen molar-refractivity contribution in [2.45, 2.75) is 69.3 Å². The van der Waals surface area contributed by atoms with Gasteiger partial charge in [0, 0.05) is 6.04 Å². The first-order valence-electron chi connectivity index (χ1n) is 8.87. The summed E-state index contributed by atoms with van der Waals surface area (Å²) in [7, 11) is 0. The van der Waals surface area contributed by atoms with Crippen LogP contribution in [0.1, 0.15) is 50.2 Å². The zero-order valence-corrected chi connectivity index (χ0v) is 15.8. The van der Waals surface area contributed by atoms with E-state index in [1.54, 1.807) is 4.68 Å². The Morgan fingerprint density at radius 3 is 2.76 bits per heavy atom. The van der Waals surface area contributed by atoms with Gasteiger partial charge in [-0.15, -0.1) is 5.10 Å². The number of aryl methyl sites for hydroxylation is 2. The van der Waals surface area contributed by atoms with Crippen LogP contribution < -0.4 is 5.32 Å². The van der Waals surface area contributed by atoms with E-state index in [9.17, 15) is 4.79 Å². The predicted octanol–water partition coefficient (Wildman–Crippen LogP) is 3.21. The molecule has 1 aromatic heterocycles. The first-order valence-corrected chi connectivity index (χ1v) is 9.75. The van der Waals surface area contributed by atoms with E-state index in [1.807, 2.05) is 26.0 Å². The molecular weight excluding hydrogens is 334 g/mol. The summed E-state index contributed by atoms with van der Waals surface area (Å²) in [6.45, 7) is 6.01. The Balaban J connectivity index is 1.68. The lowest BCUT2D eigenvalue weighted by Crippen LogP contribution is -2.40. The lowest BCUT2D eigenvalue weighted by Gasteiger charge is -2.24. The van der Waals surface area contributed by atoms with Crippen molar-refractivity contribution < 1.29 is 4.79 Å². The summed E-state index contributed by atoms with van der Waals surface area (Å²) in [5.74, 6) is 0.0621. The molecule has 2 aromatic rings. The Kier molecular flexibility index (Phi) is 5.73. The fourth-order valence-electron chi connectivity index (χ4n) is 3.22. The quantitative estimate of drug-likeness (QED) is 0.830. The molecule has 6 nitrogen and oxygen atoms in total. The van der Waals surface area contributed by atoms with E-state index in [0.29, 0.717) is 11.2 Å². The number of nitrogens with one attached hydrogen (secondary N) is 1. The van der Waals surface area contributed by atoms with Gasteiger partial charge in [0.1, 0.15) is 0 Å². The van der Waals surface area contributed by atoms with Crippen molar-refractivity contribution in [2.24, 2.45) is 0 Å². The summed E-state index contributed by atoms with van der Waals surface area (Å²) in [4.78, 5) is 12.5. The number of aromatic nitrogens is 4. The molecule has 1 atom stereocenters. The fraction of sp³-hybridized carbons (Fsp3) is 0.556. The third kappa shape index (κ3) is 4.39. The van der Waals surface area contributed by atoms with Gasteiger partial charge < -0.3 is 5.32 Å². The number of carbonyl (C=O) groups is 1. The van der Waals surface area contributed by atoms with Crippen LogP contribution in [0.25, 0.3) is 5.69 Å². The van der Waals surface area contributed by atoms with E-state index in [-0.39, 0.29) is 11.2 Å². The van der Waals surface area contributed by atoms with E-state index >= 15 is 0 Å². The highest BCUT2D eigenvalue weighted by Crippen LogP contribution is 2.25. The lowest BCUT2D eigenvalue weighted by molar-refractivity contribution is -0.121. The number of tetrazole rings is 1. The number of hydrogen-bond donors (Lipinski definition) is 1. The second kappa shape index (κ2) is 7.99. The standard InChI is InChI=1S/C18H25N5OS/c1-12-9-10-16(13(2)11-12)23-18(20-21-22-23)25-14(3)17(24)19-15-7-5-4-6-8-15/h9-11,14-15H,4-8H2,1-3H3,(H,19,24). The number of hydrogen-bond acceptors (Lipinski definition) is 5. The van der Waals surface area contributed by atoms with Gasteiger partial charge in [0.2, 0.25) is 11.1 Å². The van der Waals surface area contributed by atoms with Gasteiger partial charge in [0.15, 0.2) is 0 Å². The van der Waals surface area contributed by atoms with Gasteiger partial charge in [-0.2, -0.15) is 4.68 Å². The van der Waals surface area contributed by atoms with E-state index in [4.69, 9.17) is 0 Å². The summed E-state index contributed by atoms with van der Waals surface area (Å²) >= 11 is 1.40. The summed E-state index contributed by atoms with van der Waals surface area (Å²) < 4.78 is 1.71. The van der Waals surface area contributed by atoms with Gasteiger partial charge >= 0.3 is 0 Å². The number of nitrogens with zero attached hydrogens (tertiary/aromatic N) is 4. The van der Waals surface area contributed by atoms with Crippen LogP contribution in [0.4, 0.5) is 0 Å². The second-order valence-corrected chi connectivity index (χ2v) is 8.07. The van der Waals surface area contributed by atoms with E-state index < -0.39 is 0 Å². The third-order valence-corrected chi connectivity index (χ3v) is 5.66. The zero-order chi connectivity index (χ0) is 17.8. The van der Waals surface area contributed by atoms with Gasteiger partial charge in [-0.05, 0) is 55.7 Å². The minimum absolute atomic E-state index is 0.0621. The average Bonchev–Trinajstić information content (AvgIpc) is 3.03. The molecule has 0 radical (unpaired) electrons. The third-order valence-electron chi connectivity index (χ3n) is 4.62. The van der Waals surface area contributed by atoms with Gasteiger partial charge in [0.25, 0.3) is 0 Å². The van der Waals surface area contributed by atoms with Gasteiger partial charge in [-0.1, -0.05) is 48.7 Å². The van der Waals surface area contributed by atoms with Gasteiger partial charge in [-0.25, -0.2) is 0 Å². The Morgan fingerprint density at radius 2 is 2.04 bits per heavy atom. The summed E-state index contributed by atoms with van der Waals surface area (Å²) in [5.41, 5.74) is 3.25. The van der Waals surface area contributed by atoms with Crippen LogP contribution in [0, 0.1) is 13.8 Å². The molecule has 0 saturated heterocycles. The van der Waals surface area contributed by atoms with Crippen molar-refractivity contribution in [3.05, 3.63) is 29.3 Å². The SMILES string of the molecule is Cc1ccc(-n2nnnc2SC(C)C(=O)NC2CCCCC2)c(C)c1. The van der Waals surface area contributed by atoms with Crippen LogP contribution in [0.15, 0.2) is 23.4 Å². The van der Waals surface area contributed by atoms with Crippen LogP contribution in [-0.4, -0.2) is 37.4 Å². The maximum atomic E-state index is 12.5. The summed E-state index contributed by atoms with van der Waals surface area (Å²) in [6.07, 6.45) is 5.86. The summed E-state index contributed by atoms with van der Waals surface area (Å²) in [6, 6.07) is 6.47. The molecular formula is C18H25N5OS. The zero-order valence-electron chi connectivity index (χ0n) is 15.0. The smallest absolute Gasteiger partial charge is 0.233 e. The Labute approximate surface area is 152 Å². The first-order chi connectivity index (χ1) is 12.0. The van der Waals surface area contributed by atoms with Crippen molar-refractivity contribution in [1.82, 2.24) is 25.5 Å². The molecule has 0 bridgehead atoms. The number of thioether (sulfide) groups is 1. The highest BCUT2D eigenvalue weighted by atomic mass is 32.2. The molecule has 1 aromatic carbocycles. The lowest BCUT2D eigenvalue weighted by atomic mass is 9.95. The van der Waals surface area contributed by atoms with E-state index in [0.717, 1.165) is 24.1 Å². The fourth-order valence-corrected chi connectivity index (χ4v) is 4.03. The minimum atomic E-state index is -0.238. The highest BCUT2D eigenvalue weighted by molar-refractivity contribution is 8.00. The molecule has 1 unspecified atom stereocenters. The monoisotopic (exact) mass is 359 g/mol. The molecule has 3 rings (SSSR count). The molecule has 1 fully saturated rings. The molecule has 0 aliphatic heterocycles. The maximum absolute atomic E-state index is 12.5. The van der Waals surface area contributed by atoms with Crippen LogP contribution in [-0.2, 0) is 4.79 Å². The number of amides is 1. The normalized spacial score (nSPS) is 16.6. The van der Waals surface area contributed by atoms with E-state index in [1.165, 1.54) is 36.6 Å². The topological polar surface area (TPSA) is 72.7 Å². The van der Waals surface area contributed by atoms with Crippen LogP contribution in [0.3, 0.4) is 0 Å². The van der Waals surface area contributed by atoms with Crippen molar-refractivity contribution in [3.63, 3.8) is 0 Å². The maximum Gasteiger partial charge on any atom is 0.233 e.